The zero-order valence-electron chi connectivity index (χ0n) is 15.0. The maximum absolute atomic E-state index is 11.9. The third kappa shape index (κ3) is 6.97. The number of nitrogens with one attached hydrogen (secondary N) is 2. The molecule has 0 aliphatic carbocycles. The van der Waals surface area contributed by atoms with Crippen LogP contribution in [0.4, 0.5) is 4.79 Å². The van der Waals surface area contributed by atoms with E-state index in [0.717, 1.165) is 11.3 Å². The SMILES string of the molecule is CC(C)NS(=O)(=O)Cc1ccc(CNC(=O)CCN2CCSC2=O)cc1. The third-order valence-electron chi connectivity index (χ3n) is 3.74. The highest BCUT2D eigenvalue weighted by molar-refractivity contribution is 8.13. The first-order chi connectivity index (χ1) is 12.2. The molecule has 0 spiro atoms. The Labute approximate surface area is 159 Å². The molecule has 9 heteroatoms. The summed E-state index contributed by atoms with van der Waals surface area (Å²) in [5.41, 5.74) is 1.59. The number of hydrogen-bond acceptors (Lipinski definition) is 5. The molecule has 2 N–H and O–H groups in total. The molecule has 1 fully saturated rings. The van der Waals surface area contributed by atoms with Gasteiger partial charge in [-0.3, -0.25) is 9.59 Å². The number of thioether (sulfide) groups is 1. The van der Waals surface area contributed by atoms with Crippen molar-refractivity contribution in [3.05, 3.63) is 35.4 Å². The molecular formula is C17H25N3O4S2. The first-order valence-electron chi connectivity index (χ1n) is 8.51. The first kappa shape index (κ1) is 20.7. The van der Waals surface area contributed by atoms with E-state index < -0.39 is 10.0 Å². The maximum Gasteiger partial charge on any atom is 0.281 e. The molecule has 0 radical (unpaired) electrons. The molecule has 2 rings (SSSR count). The smallest absolute Gasteiger partial charge is 0.281 e. The molecule has 2 amide bonds. The minimum atomic E-state index is -3.35. The Hall–Kier alpha value is -1.58. The van der Waals surface area contributed by atoms with Crippen molar-refractivity contribution in [2.45, 2.75) is 38.6 Å². The van der Waals surface area contributed by atoms with Crippen molar-refractivity contribution in [3.8, 4) is 0 Å². The second-order valence-corrected chi connectivity index (χ2v) is 9.28. The summed E-state index contributed by atoms with van der Waals surface area (Å²) in [6.45, 7) is 5.08. The number of carbonyl (C=O) groups excluding carboxylic acids is 2. The lowest BCUT2D eigenvalue weighted by Crippen LogP contribution is -2.31. The zero-order chi connectivity index (χ0) is 19.2. The molecule has 1 aliphatic rings. The predicted molar refractivity (Wildman–Crippen MR) is 103 cm³/mol. The zero-order valence-corrected chi connectivity index (χ0v) is 16.7. The van der Waals surface area contributed by atoms with Gasteiger partial charge in [-0.2, -0.15) is 0 Å². The highest BCUT2D eigenvalue weighted by atomic mass is 32.2. The van der Waals surface area contributed by atoms with E-state index in [4.69, 9.17) is 0 Å². The van der Waals surface area contributed by atoms with Crippen molar-refractivity contribution in [1.29, 1.82) is 0 Å². The summed E-state index contributed by atoms with van der Waals surface area (Å²) in [6, 6.07) is 6.98. The van der Waals surface area contributed by atoms with Crippen LogP contribution < -0.4 is 10.0 Å². The molecule has 0 unspecified atom stereocenters. The molecule has 26 heavy (non-hydrogen) atoms. The molecule has 7 nitrogen and oxygen atoms in total. The summed E-state index contributed by atoms with van der Waals surface area (Å²) < 4.78 is 26.4. The fourth-order valence-electron chi connectivity index (χ4n) is 2.53. The van der Waals surface area contributed by atoms with Crippen LogP contribution in [-0.4, -0.2) is 49.3 Å². The topological polar surface area (TPSA) is 95.6 Å². The van der Waals surface area contributed by atoms with Gasteiger partial charge in [0.2, 0.25) is 15.9 Å². The largest absolute Gasteiger partial charge is 0.352 e. The Bertz CT molecular complexity index is 733. The molecular weight excluding hydrogens is 374 g/mol. The van der Waals surface area contributed by atoms with Crippen LogP contribution in [0.15, 0.2) is 24.3 Å². The fraction of sp³-hybridized carbons (Fsp3) is 0.529. The minimum absolute atomic E-state index is 0.0373. The van der Waals surface area contributed by atoms with Crippen LogP contribution in [0.1, 0.15) is 31.4 Å². The lowest BCUT2D eigenvalue weighted by Gasteiger charge is -2.14. The number of rotatable bonds is 9. The van der Waals surface area contributed by atoms with Crippen molar-refractivity contribution < 1.29 is 18.0 Å². The summed E-state index contributed by atoms with van der Waals surface area (Å²) in [7, 11) is -3.35. The van der Waals surface area contributed by atoms with Crippen LogP contribution >= 0.6 is 11.8 Å². The van der Waals surface area contributed by atoms with Gasteiger partial charge in [0.1, 0.15) is 0 Å². The monoisotopic (exact) mass is 399 g/mol. The third-order valence-corrected chi connectivity index (χ3v) is 6.17. The Morgan fingerprint density at radius 2 is 1.88 bits per heavy atom. The van der Waals surface area contributed by atoms with E-state index in [0.29, 0.717) is 25.2 Å². The summed E-state index contributed by atoms with van der Waals surface area (Å²) >= 11 is 1.28. The highest BCUT2D eigenvalue weighted by Crippen LogP contribution is 2.17. The van der Waals surface area contributed by atoms with Crippen LogP contribution in [-0.2, 0) is 27.1 Å². The Morgan fingerprint density at radius 1 is 1.23 bits per heavy atom. The van der Waals surface area contributed by atoms with Gasteiger partial charge in [0.25, 0.3) is 5.24 Å². The van der Waals surface area contributed by atoms with Gasteiger partial charge in [-0.25, -0.2) is 13.1 Å². The van der Waals surface area contributed by atoms with Gasteiger partial charge < -0.3 is 10.2 Å². The van der Waals surface area contributed by atoms with Crippen molar-refractivity contribution in [2.75, 3.05) is 18.8 Å². The lowest BCUT2D eigenvalue weighted by molar-refractivity contribution is -0.121. The van der Waals surface area contributed by atoms with Crippen molar-refractivity contribution in [3.63, 3.8) is 0 Å². The first-order valence-corrected chi connectivity index (χ1v) is 11.2. The summed E-state index contributed by atoms with van der Waals surface area (Å²) in [5.74, 6) is 0.608. The molecule has 0 saturated carbocycles. The van der Waals surface area contributed by atoms with Gasteiger partial charge in [-0.15, -0.1) is 0 Å². The van der Waals surface area contributed by atoms with E-state index in [2.05, 4.69) is 10.0 Å². The van der Waals surface area contributed by atoms with Crippen LogP contribution in [0.2, 0.25) is 0 Å². The van der Waals surface area contributed by atoms with Crippen LogP contribution in [0.5, 0.6) is 0 Å². The number of carbonyl (C=O) groups is 2. The number of sulfonamides is 1. The van der Waals surface area contributed by atoms with Crippen molar-refractivity contribution in [2.24, 2.45) is 0 Å². The Morgan fingerprint density at radius 3 is 2.46 bits per heavy atom. The number of amides is 2. The predicted octanol–water partition coefficient (Wildman–Crippen LogP) is 1.69. The molecule has 0 atom stereocenters. The highest BCUT2D eigenvalue weighted by Gasteiger charge is 2.21. The van der Waals surface area contributed by atoms with Crippen LogP contribution in [0.3, 0.4) is 0 Å². The fourth-order valence-corrected chi connectivity index (χ4v) is 4.81. The van der Waals surface area contributed by atoms with Crippen LogP contribution in [0.25, 0.3) is 0 Å². The maximum atomic E-state index is 11.9. The standard InChI is InChI=1S/C17H25N3O4S2/c1-13(2)19-26(23,24)12-15-5-3-14(4-6-15)11-18-16(21)7-8-20-9-10-25-17(20)22/h3-6,13,19H,7-12H2,1-2H3,(H,18,21). The molecule has 0 aromatic heterocycles. The molecule has 144 valence electrons. The minimum Gasteiger partial charge on any atom is -0.352 e. The molecule has 1 aromatic carbocycles. The van der Waals surface area contributed by atoms with Crippen molar-refractivity contribution in [1.82, 2.24) is 14.9 Å². The molecule has 1 aliphatic heterocycles. The second kappa shape index (κ2) is 9.38. The average molecular weight is 400 g/mol. The number of hydrogen-bond donors (Lipinski definition) is 2. The average Bonchev–Trinajstić information content (AvgIpc) is 2.95. The quantitative estimate of drug-likeness (QED) is 0.659. The Kier molecular flexibility index (Phi) is 7.48. The lowest BCUT2D eigenvalue weighted by atomic mass is 10.1. The summed E-state index contributed by atoms with van der Waals surface area (Å²) in [4.78, 5) is 25.0. The molecule has 1 saturated heterocycles. The second-order valence-electron chi connectivity index (χ2n) is 6.48. The van der Waals surface area contributed by atoms with Gasteiger partial charge in [0.05, 0.1) is 5.75 Å². The van der Waals surface area contributed by atoms with E-state index in [1.807, 2.05) is 0 Å². The number of nitrogens with zero attached hydrogens (tertiary/aromatic N) is 1. The number of benzene rings is 1. The van der Waals surface area contributed by atoms with Gasteiger partial charge in [-0.05, 0) is 25.0 Å². The molecule has 1 heterocycles. The van der Waals surface area contributed by atoms with E-state index in [-0.39, 0.29) is 29.4 Å². The van der Waals surface area contributed by atoms with Gasteiger partial charge in [0, 0.05) is 37.8 Å². The molecule has 1 aromatic rings. The Balaban J connectivity index is 1.76. The van der Waals surface area contributed by atoms with E-state index >= 15 is 0 Å². The summed E-state index contributed by atoms with van der Waals surface area (Å²) in [6.07, 6.45) is 0.281. The van der Waals surface area contributed by atoms with E-state index in [9.17, 15) is 18.0 Å². The van der Waals surface area contributed by atoms with E-state index in [1.165, 1.54) is 11.8 Å². The normalized spacial score (nSPS) is 14.9. The van der Waals surface area contributed by atoms with E-state index in [1.54, 1.807) is 43.0 Å². The molecule has 0 bridgehead atoms. The van der Waals surface area contributed by atoms with Crippen molar-refractivity contribution >= 4 is 32.9 Å². The van der Waals surface area contributed by atoms with Gasteiger partial charge in [-0.1, -0.05) is 36.0 Å². The van der Waals surface area contributed by atoms with Crippen LogP contribution in [0, 0.1) is 0 Å². The summed E-state index contributed by atoms with van der Waals surface area (Å²) in [5, 5.41) is 2.85. The van der Waals surface area contributed by atoms with Gasteiger partial charge >= 0.3 is 0 Å². The van der Waals surface area contributed by atoms with Gasteiger partial charge in [0.15, 0.2) is 0 Å².